The summed E-state index contributed by atoms with van der Waals surface area (Å²) in [6.07, 6.45) is 0. The van der Waals surface area contributed by atoms with Crippen molar-refractivity contribution in [2.45, 2.75) is 6.92 Å². The predicted molar refractivity (Wildman–Crippen MR) is 120 cm³/mol. The van der Waals surface area contributed by atoms with Crippen molar-refractivity contribution in [3.63, 3.8) is 0 Å². The Hall–Kier alpha value is -2.70. The number of benzene rings is 3. The number of nitrogens with zero attached hydrogens (tertiary/aromatic N) is 1. The van der Waals surface area contributed by atoms with Gasteiger partial charge in [-0.25, -0.2) is 0 Å². The van der Waals surface area contributed by atoms with Crippen LogP contribution in [0, 0.1) is 0 Å². The summed E-state index contributed by atoms with van der Waals surface area (Å²) in [6, 6.07) is 24.6. The van der Waals surface area contributed by atoms with E-state index in [2.05, 4.69) is 21.2 Å². The molecule has 0 saturated heterocycles. The molecule has 3 aromatic carbocycles. The van der Waals surface area contributed by atoms with Crippen molar-refractivity contribution in [1.82, 2.24) is 5.32 Å². The third-order valence-corrected chi connectivity index (χ3v) is 4.85. The van der Waals surface area contributed by atoms with Crippen LogP contribution in [-0.4, -0.2) is 17.6 Å². The molecule has 0 atom stereocenters. The highest BCUT2D eigenvalue weighted by atomic mass is 79.9. The molecule has 0 spiro atoms. The summed E-state index contributed by atoms with van der Waals surface area (Å²) < 4.78 is 6.21. The second kappa shape index (κ2) is 9.48. The van der Waals surface area contributed by atoms with Crippen molar-refractivity contribution in [2.75, 3.05) is 11.5 Å². The molecule has 4 nitrogen and oxygen atoms in total. The maximum Gasteiger partial charge on any atom is 0.257 e. The van der Waals surface area contributed by atoms with Gasteiger partial charge >= 0.3 is 0 Å². The van der Waals surface area contributed by atoms with Crippen LogP contribution in [0.5, 0.6) is 5.75 Å². The number of para-hydroxylation sites is 2. The highest BCUT2D eigenvalue weighted by molar-refractivity contribution is 9.10. The Morgan fingerprint density at radius 1 is 1.00 bits per heavy atom. The number of amides is 1. The van der Waals surface area contributed by atoms with Gasteiger partial charge in [-0.15, -0.1) is 0 Å². The van der Waals surface area contributed by atoms with Gasteiger partial charge in [-0.2, -0.15) is 0 Å². The number of nitrogens with one attached hydrogen (secondary N) is 1. The van der Waals surface area contributed by atoms with Crippen molar-refractivity contribution < 1.29 is 9.53 Å². The predicted octanol–water partition coefficient (Wildman–Crippen LogP) is 5.70. The molecular weight excluding hydrogens is 436 g/mol. The standard InChI is InChI=1S/C22H19BrN2O2S/c1-2-27-20-14-13-16(15-19(20)23)21(26)24-22(28)25(17-9-5-3-6-10-17)18-11-7-4-8-12-18/h3-15H,2H2,1H3,(H,24,26,28). The van der Waals surface area contributed by atoms with Gasteiger partial charge in [0.1, 0.15) is 5.75 Å². The van der Waals surface area contributed by atoms with Crippen LogP contribution in [0.15, 0.2) is 83.3 Å². The van der Waals surface area contributed by atoms with Crippen LogP contribution in [0.2, 0.25) is 0 Å². The smallest absolute Gasteiger partial charge is 0.257 e. The summed E-state index contributed by atoms with van der Waals surface area (Å²) in [6.45, 7) is 2.46. The normalized spacial score (nSPS) is 10.2. The molecule has 0 heterocycles. The topological polar surface area (TPSA) is 41.6 Å². The van der Waals surface area contributed by atoms with E-state index in [1.807, 2.05) is 72.5 Å². The molecule has 28 heavy (non-hydrogen) atoms. The molecule has 1 amide bonds. The second-order valence-electron chi connectivity index (χ2n) is 5.84. The molecule has 0 bridgehead atoms. The van der Waals surface area contributed by atoms with E-state index in [0.717, 1.165) is 15.8 Å². The first-order valence-electron chi connectivity index (χ1n) is 8.78. The zero-order valence-corrected chi connectivity index (χ0v) is 17.7. The van der Waals surface area contributed by atoms with Crippen molar-refractivity contribution in [2.24, 2.45) is 0 Å². The number of thiocarbonyl (C=S) groups is 1. The number of carbonyl (C=O) groups is 1. The van der Waals surface area contributed by atoms with E-state index >= 15 is 0 Å². The maximum atomic E-state index is 12.8. The van der Waals surface area contributed by atoms with Crippen LogP contribution in [-0.2, 0) is 0 Å². The third kappa shape index (κ3) is 4.77. The first-order valence-corrected chi connectivity index (χ1v) is 9.98. The number of hydrogen-bond donors (Lipinski definition) is 1. The molecule has 3 aromatic rings. The van der Waals surface area contributed by atoms with Gasteiger partial charge in [0.25, 0.3) is 5.91 Å². The molecule has 0 saturated carbocycles. The van der Waals surface area contributed by atoms with Crippen LogP contribution in [0.1, 0.15) is 17.3 Å². The maximum absolute atomic E-state index is 12.8. The van der Waals surface area contributed by atoms with E-state index in [1.54, 1.807) is 18.2 Å². The zero-order chi connectivity index (χ0) is 19.9. The zero-order valence-electron chi connectivity index (χ0n) is 15.3. The molecule has 0 radical (unpaired) electrons. The summed E-state index contributed by atoms with van der Waals surface area (Å²) in [4.78, 5) is 14.6. The van der Waals surface area contributed by atoms with E-state index in [1.165, 1.54) is 0 Å². The fraction of sp³-hybridized carbons (Fsp3) is 0.0909. The summed E-state index contributed by atoms with van der Waals surface area (Å²) >= 11 is 9.01. The average Bonchev–Trinajstić information content (AvgIpc) is 2.71. The minimum Gasteiger partial charge on any atom is -0.493 e. The molecule has 0 unspecified atom stereocenters. The fourth-order valence-electron chi connectivity index (χ4n) is 2.68. The van der Waals surface area contributed by atoms with E-state index in [-0.39, 0.29) is 5.91 Å². The van der Waals surface area contributed by atoms with Crippen molar-refractivity contribution in [1.29, 1.82) is 0 Å². The quantitative estimate of drug-likeness (QED) is 0.501. The molecular formula is C22H19BrN2O2S. The first-order chi connectivity index (χ1) is 13.6. The molecule has 0 aliphatic heterocycles. The SMILES string of the molecule is CCOc1ccc(C(=O)NC(=S)N(c2ccccc2)c2ccccc2)cc1Br. The van der Waals surface area contributed by atoms with E-state index in [0.29, 0.717) is 23.0 Å². The van der Waals surface area contributed by atoms with Crippen molar-refractivity contribution >= 4 is 50.5 Å². The van der Waals surface area contributed by atoms with Gasteiger partial charge in [0.2, 0.25) is 0 Å². The summed E-state index contributed by atoms with van der Waals surface area (Å²) in [5.74, 6) is 0.405. The van der Waals surface area contributed by atoms with Gasteiger partial charge < -0.3 is 4.74 Å². The molecule has 1 N–H and O–H groups in total. The number of anilines is 2. The third-order valence-electron chi connectivity index (χ3n) is 3.95. The number of hydrogen-bond acceptors (Lipinski definition) is 3. The monoisotopic (exact) mass is 454 g/mol. The minimum absolute atomic E-state index is 0.286. The molecule has 142 valence electrons. The highest BCUT2D eigenvalue weighted by Crippen LogP contribution is 2.27. The van der Waals surface area contributed by atoms with E-state index < -0.39 is 0 Å². The van der Waals surface area contributed by atoms with Gasteiger partial charge in [0.15, 0.2) is 5.11 Å². The highest BCUT2D eigenvalue weighted by Gasteiger charge is 2.18. The van der Waals surface area contributed by atoms with Crippen LogP contribution in [0.3, 0.4) is 0 Å². The minimum atomic E-state index is -0.286. The van der Waals surface area contributed by atoms with Crippen LogP contribution in [0.4, 0.5) is 11.4 Å². The Kier molecular flexibility index (Phi) is 6.79. The lowest BCUT2D eigenvalue weighted by molar-refractivity contribution is 0.0977. The Labute approximate surface area is 178 Å². The van der Waals surface area contributed by atoms with Gasteiger partial charge in [-0.05, 0) is 77.5 Å². The number of rotatable bonds is 5. The number of ether oxygens (including phenoxy) is 1. The van der Waals surface area contributed by atoms with Crippen molar-refractivity contribution in [3.05, 3.63) is 88.9 Å². The Morgan fingerprint density at radius 2 is 1.57 bits per heavy atom. The largest absolute Gasteiger partial charge is 0.493 e. The second-order valence-corrected chi connectivity index (χ2v) is 7.09. The van der Waals surface area contributed by atoms with E-state index in [4.69, 9.17) is 17.0 Å². The number of carbonyl (C=O) groups excluding carboxylic acids is 1. The van der Waals surface area contributed by atoms with Gasteiger partial charge in [0.05, 0.1) is 11.1 Å². The van der Waals surface area contributed by atoms with Gasteiger partial charge in [0, 0.05) is 16.9 Å². The first kappa shape index (κ1) is 20.0. The lowest BCUT2D eigenvalue weighted by atomic mass is 10.2. The summed E-state index contributed by atoms with van der Waals surface area (Å²) in [5.41, 5.74) is 2.22. The Balaban J connectivity index is 1.84. The molecule has 0 aliphatic rings. The van der Waals surface area contributed by atoms with Crippen LogP contribution >= 0.6 is 28.1 Å². The fourth-order valence-corrected chi connectivity index (χ4v) is 3.47. The molecule has 0 fully saturated rings. The molecule has 0 aliphatic carbocycles. The van der Waals surface area contributed by atoms with Gasteiger partial charge in [-0.3, -0.25) is 15.0 Å². The summed E-state index contributed by atoms with van der Waals surface area (Å²) in [7, 11) is 0. The molecule has 6 heteroatoms. The average molecular weight is 455 g/mol. The summed E-state index contributed by atoms with van der Waals surface area (Å²) in [5, 5.41) is 3.13. The Bertz CT molecular complexity index is 925. The lowest BCUT2D eigenvalue weighted by Crippen LogP contribution is -2.40. The van der Waals surface area contributed by atoms with Crippen LogP contribution < -0.4 is 15.0 Å². The van der Waals surface area contributed by atoms with Gasteiger partial charge in [-0.1, -0.05) is 36.4 Å². The molecule has 3 rings (SSSR count). The van der Waals surface area contributed by atoms with Crippen molar-refractivity contribution in [3.8, 4) is 5.75 Å². The van der Waals surface area contributed by atoms with E-state index in [9.17, 15) is 4.79 Å². The van der Waals surface area contributed by atoms with Crippen LogP contribution in [0.25, 0.3) is 0 Å². The Morgan fingerprint density at radius 3 is 2.07 bits per heavy atom. The number of halogens is 1. The lowest BCUT2D eigenvalue weighted by Gasteiger charge is -2.25. The molecule has 0 aromatic heterocycles.